The molecule has 26 heavy (non-hydrogen) atoms. The molecule has 4 fully saturated rings. The zero-order chi connectivity index (χ0) is 19.1. The Labute approximate surface area is 157 Å². The summed E-state index contributed by atoms with van der Waals surface area (Å²) in [4.78, 5) is 12.5. The molecule has 0 aromatic carbocycles. The summed E-state index contributed by atoms with van der Waals surface area (Å²) in [5.41, 5.74) is -1.77. The standard InChI is InChI=1S/C22H36O4/c1-12-9-17-16-6-5-14-10-15(24)7-8-20(14,3)19(16)18(25)11-21(17,4)22(12,26)13(2)23/h12,14-19,24-26H,5-11H2,1-4H3/t12-,14-,15+,16-,17-,18+,19+,20-,21-,22-/m0/s1. The molecule has 0 spiro atoms. The van der Waals surface area contributed by atoms with E-state index in [0.717, 1.165) is 38.5 Å². The lowest BCUT2D eigenvalue weighted by molar-refractivity contribution is -0.203. The molecule has 0 saturated heterocycles. The highest BCUT2D eigenvalue weighted by molar-refractivity contribution is 5.86. The second-order valence-electron chi connectivity index (χ2n) is 10.7. The Morgan fingerprint density at radius 2 is 1.77 bits per heavy atom. The van der Waals surface area contributed by atoms with E-state index in [1.165, 1.54) is 6.92 Å². The Morgan fingerprint density at radius 3 is 2.42 bits per heavy atom. The van der Waals surface area contributed by atoms with Crippen molar-refractivity contribution in [1.82, 2.24) is 0 Å². The smallest absolute Gasteiger partial charge is 0.162 e. The molecule has 4 aliphatic carbocycles. The Bertz CT molecular complexity index is 605. The van der Waals surface area contributed by atoms with Crippen molar-refractivity contribution in [2.75, 3.05) is 0 Å². The average molecular weight is 365 g/mol. The maximum atomic E-state index is 12.5. The van der Waals surface area contributed by atoms with Gasteiger partial charge in [-0.05, 0) is 86.9 Å². The van der Waals surface area contributed by atoms with Crippen LogP contribution in [0.3, 0.4) is 0 Å². The molecule has 10 atom stereocenters. The van der Waals surface area contributed by atoms with Crippen molar-refractivity contribution in [3.63, 3.8) is 0 Å². The quantitative estimate of drug-likeness (QED) is 0.668. The Morgan fingerprint density at radius 1 is 1.08 bits per heavy atom. The highest BCUT2D eigenvalue weighted by atomic mass is 16.3. The largest absolute Gasteiger partial charge is 0.393 e. The summed E-state index contributed by atoms with van der Waals surface area (Å²) in [5.74, 6) is 1.19. The first kappa shape index (κ1) is 18.9. The van der Waals surface area contributed by atoms with Gasteiger partial charge in [0.2, 0.25) is 0 Å². The maximum Gasteiger partial charge on any atom is 0.162 e. The molecule has 4 rings (SSSR count). The number of fused-ring (bicyclic) bond motifs is 5. The summed E-state index contributed by atoms with van der Waals surface area (Å²) in [6, 6.07) is 0. The highest BCUT2D eigenvalue weighted by Crippen LogP contribution is 2.69. The van der Waals surface area contributed by atoms with Gasteiger partial charge in [-0.3, -0.25) is 4.79 Å². The third kappa shape index (κ3) is 2.15. The lowest BCUT2D eigenvalue weighted by atomic mass is 9.43. The first-order valence-corrected chi connectivity index (χ1v) is 10.6. The van der Waals surface area contributed by atoms with Gasteiger partial charge in [-0.25, -0.2) is 0 Å². The Balaban J connectivity index is 1.73. The van der Waals surface area contributed by atoms with Crippen molar-refractivity contribution < 1.29 is 20.1 Å². The average Bonchev–Trinajstić information content (AvgIpc) is 2.76. The van der Waals surface area contributed by atoms with Crippen LogP contribution in [0.2, 0.25) is 0 Å². The number of aliphatic hydroxyl groups excluding tert-OH is 2. The molecular formula is C22H36O4. The minimum Gasteiger partial charge on any atom is -0.393 e. The van der Waals surface area contributed by atoms with Gasteiger partial charge < -0.3 is 15.3 Å². The van der Waals surface area contributed by atoms with Gasteiger partial charge >= 0.3 is 0 Å². The monoisotopic (exact) mass is 364 g/mol. The summed E-state index contributed by atoms with van der Waals surface area (Å²) >= 11 is 0. The lowest BCUT2D eigenvalue weighted by Gasteiger charge is -2.62. The van der Waals surface area contributed by atoms with E-state index < -0.39 is 17.1 Å². The number of aliphatic hydroxyl groups is 3. The number of Topliss-reactive ketones (excluding diaryl/α,β-unsaturated/α-hetero) is 1. The van der Waals surface area contributed by atoms with E-state index in [0.29, 0.717) is 24.2 Å². The molecule has 4 nitrogen and oxygen atoms in total. The van der Waals surface area contributed by atoms with Crippen LogP contribution in [0, 0.1) is 40.4 Å². The van der Waals surface area contributed by atoms with Crippen LogP contribution in [0.5, 0.6) is 0 Å². The second-order valence-corrected chi connectivity index (χ2v) is 10.7. The SMILES string of the molecule is CC(=O)[C@@]1(O)[C@@H](C)C[C@H]2[C@@H]3CC[C@H]4C[C@H](O)CC[C@]4(C)[C@H]3[C@H](O)C[C@@]21C. The van der Waals surface area contributed by atoms with Crippen LogP contribution in [-0.2, 0) is 4.79 Å². The predicted octanol–water partition coefficient (Wildman–Crippen LogP) is 2.93. The van der Waals surface area contributed by atoms with Gasteiger partial charge in [0, 0.05) is 5.41 Å². The maximum absolute atomic E-state index is 12.5. The van der Waals surface area contributed by atoms with Gasteiger partial charge in [-0.1, -0.05) is 20.8 Å². The minimum atomic E-state index is -1.32. The van der Waals surface area contributed by atoms with Gasteiger partial charge in [-0.2, -0.15) is 0 Å². The third-order valence-electron chi connectivity index (χ3n) is 9.69. The van der Waals surface area contributed by atoms with E-state index in [9.17, 15) is 20.1 Å². The van der Waals surface area contributed by atoms with Crippen LogP contribution < -0.4 is 0 Å². The molecule has 4 saturated carbocycles. The number of carbonyl (C=O) groups is 1. The number of carbonyl (C=O) groups excluding carboxylic acids is 1. The van der Waals surface area contributed by atoms with Crippen LogP contribution >= 0.6 is 0 Å². The van der Waals surface area contributed by atoms with Crippen LogP contribution in [0.15, 0.2) is 0 Å². The second kappa shape index (κ2) is 5.78. The zero-order valence-corrected chi connectivity index (χ0v) is 16.7. The predicted molar refractivity (Wildman–Crippen MR) is 99.3 cm³/mol. The van der Waals surface area contributed by atoms with E-state index >= 15 is 0 Å². The van der Waals surface area contributed by atoms with Gasteiger partial charge in [0.05, 0.1) is 12.2 Å². The Kier molecular flexibility index (Phi) is 4.20. The van der Waals surface area contributed by atoms with Crippen LogP contribution in [0.4, 0.5) is 0 Å². The van der Waals surface area contributed by atoms with Gasteiger partial charge in [-0.15, -0.1) is 0 Å². The molecule has 0 aromatic rings. The van der Waals surface area contributed by atoms with Gasteiger partial charge in [0.1, 0.15) is 5.60 Å². The fourth-order valence-electron chi connectivity index (χ4n) is 8.44. The van der Waals surface area contributed by atoms with Crippen molar-refractivity contribution >= 4 is 5.78 Å². The number of hydrogen-bond acceptors (Lipinski definition) is 4. The molecule has 0 bridgehead atoms. The number of ketones is 1. The van der Waals surface area contributed by atoms with Crippen molar-refractivity contribution in [2.24, 2.45) is 40.4 Å². The van der Waals surface area contributed by atoms with E-state index in [1.807, 2.05) is 6.92 Å². The molecular weight excluding hydrogens is 328 g/mol. The molecule has 0 heterocycles. The number of hydrogen-bond donors (Lipinski definition) is 3. The van der Waals surface area contributed by atoms with Crippen molar-refractivity contribution in [2.45, 2.75) is 90.4 Å². The highest BCUT2D eigenvalue weighted by Gasteiger charge is 2.70. The summed E-state index contributed by atoms with van der Waals surface area (Å²) in [7, 11) is 0. The van der Waals surface area contributed by atoms with Crippen molar-refractivity contribution in [3.05, 3.63) is 0 Å². The summed E-state index contributed by atoms with van der Waals surface area (Å²) < 4.78 is 0. The van der Waals surface area contributed by atoms with E-state index in [4.69, 9.17) is 0 Å². The summed E-state index contributed by atoms with van der Waals surface area (Å²) in [6.45, 7) is 7.92. The molecule has 4 aliphatic rings. The van der Waals surface area contributed by atoms with Crippen molar-refractivity contribution in [3.8, 4) is 0 Å². The molecule has 0 aromatic heterocycles. The topological polar surface area (TPSA) is 77.8 Å². The molecule has 3 N–H and O–H groups in total. The molecule has 148 valence electrons. The zero-order valence-electron chi connectivity index (χ0n) is 16.7. The number of rotatable bonds is 1. The van der Waals surface area contributed by atoms with Gasteiger partial charge in [0.15, 0.2) is 5.78 Å². The molecule has 4 heteroatoms. The first-order valence-electron chi connectivity index (χ1n) is 10.6. The van der Waals surface area contributed by atoms with Crippen LogP contribution in [0.1, 0.15) is 72.6 Å². The molecule has 0 aliphatic heterocycles. The van der Waals surface area contributed by atoms with Crippen molar-refractivity contribution in [1.29, 1.82) is 0 Å². The summed E-state index contributed by atoms with van der Waals surface area (Å²) in [6.07, 6.45) is 5.56. The van der Waals surface area contributed by atoms with E-state index in [-0.39, 0.29) is 29.1 Å². The van der Waals surface area contributed by atoms with E-state index in [2.05, 4.69) is 13.8 Å². The molecule has 0 radical (unpaired) electrons. The normalized spacial score (nSPS) is 59.3. The third-order valence-corrected chi connectivity index (χ3v) is 9.69. The fraction of sp³-hybridized carbons (Fsp3) is 0.955. The fourth-order valence-corrected chi connectivity index (χ4v) is 8.44. The molecule has 0 amide bonds. The minimum absolute atomic E-state index is 0.0559. The first-order chi connectivity index (χ1) is 12.1. The Hall–Kier alpha value is -0.450. The van der Waals surface area contributed by atoms with Gasteiger partial charge in [0.25, 0.3) is 0 Å². The summed E-state index contributed by atoms with van der Waals surface area (Å²) in [5, 5.41) is 32.9. The molecule has 0 unspecified atom stereocenters. The lowest BCUT2D eigenvalue weighted by Crippen LogP contribution is -2.63. The van der Waals surface area contributed by atoms with E-state index in [1.54, 1.807) is 0 Å². The van der Waals surface area contributed by atoms with Crippen LogP contribution in [-0.4, -0.2) is 38.9 Å². The van der Waals surface area contributed by atoms with Crippen LogP contribution in [0.25, 0.3) is 0 Å².